The molecule has 0 bridgehead atoms. The molecule has 1 fully saturated rings. The number of ether oxygens (including phenoxy) is 1. The minimum atomic E-state index is -0.383. The van der Waals surface area contributed by atoms with Crippen LogP contribution in [0.4, 0.5) is 0 Å². The zero-order valence-electron chi connectivity index (χ0n) is 15.0. The molecule has 6 nitrogen and oxygen atoms in total. The lowest BCUT2D eigenvalue weighted by atomic mass is 9.97. The van der Waals surface area contributed by atoms with Gasteiger partial charge in [-0.25, -0.2) is 0 Å². The predicted molar refractivity (Wildman–Crippen MR) is 96.0 cm³/mol. The summed E-state index contributed by atoms with van der Waals surface area (Å²) >= 11 is 1.41. The normalized spacial score (nSPS) is 23.3. The third-order valence-electron chi connectivity index (χ3n) is 4.70. The lowest BCUT2D eigenvalue weighted by Gasteiger charge is -2.32. The molecular weight excluding hydrogens is 314 g/mol. The highest BCUT2D eigenvalue weighted by atomic mass is 32.2. The molecule has 0 aromatic rings. The van der Waals surface area contributed by atoms with Crippen LogP contribution in [0.25, 0.3) is 0 Å². The maximum Gasteiger partial charge on any atom is 0.264 e. The molecule has 1 saturated heterocycles. The van der Waals surface area contributed by atoms with Gasteiger partial charge in [0.05, 0.1) is 11.5 Å². The summed E-state index contributed by atoms with van der Waals surface area (Å²) in [5, 5.41) is 11.4. The van der Waals surface area contributed by atoms with E-state index in [-0.39, 0.29) is 4.92 Å². The minimum Gasteiger partial charge on any atom is -0.381 e. The van der Waals surface area contributed by atoms with Gasteiger partial charge in [0.15, 0.2) is 0 Å². The summed E-state index contributed by atoms with van der Waals surface area (Å²) in [5.74, 6) is 1.25. The van der Waals surface area contributed by atoms with Crippen molar-refractivity contribution in [3.8, 4) is 0 Å². The number of rotatable bonds is 10. The Bertz CT molecular complexity index is 406. The van der Waals surface area contributed by atoms with Crippen molar-refractivity contribution >= 4 is 11.8 Å². The standard InChI is InChI=1S/C16H31N3O3S/c1-6-18(9-15-12-22-11-13(15)2)14(3)7-8-17(4)16(23-5)10-19(20)21/h10,13-15H,6-9,11-12H2,1-5H3. The first-order valence-electron chi connectivity index (χ1n) is 8.31. The Morgan fingerprint density at radius 1 is 1.52 bits per heavy atom. The summed E-state index contributed by atoms with van der Waals surface area (Å²) in [6.07, 6.45) is 3.95. The van der Waals surface area contributed by atoms with Crippen LogP contribution in [0, 0.1) is 22.0 Å². The van der Waals surface area contributed by atoms with Gasteiger partial charge >= 0.3 is 0 Å². The molecule has 0 aromatic heterocycles. The average molecular weight is 346 g/mol. The Morgan fingerprint density at radius 3 is 2.70 bits per heavy atom. The number of thioether (sulfide) groups is 1. The molecule has 0 aromatic carbocycles. The lowest BCUT2D eigenvalue weighted by molar-refractivity contribution is -0.403. The maximum absolute atomic E-state index is 10.7. The first kappa shape index (κ1) is 20.3. The molecule has 23 heavy (non-hydrogen) atoms. The SMILES string of the molecule is CCN(CC1COCC1C)C(C)CCN(C)C(=C[N+](=O)[O-])SC. The first-order valence-corrected chi connectivity index (χ1v) is 9.53. The molecule has 0 amide bonds. The summed E-state index contributed by atoms with van der Waals surface area (Å²) in [6, 6.07) is 0.453. The van der Waals surface area contributed by atoms with E-state index in [2.05, 4.69) is 25.7 Å². The molecular formula is C16H31N3O3S. The van der Waals surface area contributed by atoms with E-state index in [0.717, 1.165) is 45.5 Å². The Hall–Kier alpha value is -0.790. The van der Waals surface area contributed by atoms with Gasteiger partial charge in [0, 0.05) is 32.8 Å². The van der Waals surface area contributed by atoms with Crippen LogP contribution in [-0.4, -0.2) is 66.9 Å². The van der Waals surface area contributed by atoms with Gasteiger partial charge in [0.25, 0.3) is 6.20 Å². The van der Waals surface area contributed by atoms with Crippen molar-refractivity contribution in [2.24, 2.45) is 11.8 Å². The fraction of sp³-hybridized carbons (Fsp3) is 0.875. The summed E-state index contributed by atoms with van der Waals surface area (Å²) < 4.78 is 5.57. The minimum absolute atomic E-state index is 0.383. The van der Waals surface area contributed by atoms with E-state index in [1.807, 2.05) is 18.2 Å². The Kier molecular flexibility index (Phi) is 8.94. The van der Waals surface area contributed by atoms with Crippen LogP contribution in [0.5, 0.6) is 0 Å². The number of nitrogens with zero attached hydrogens (tertiary/aromatic N) is 3. The second kappa shape index (κ2) is 10.2. The highest BCUT2D eigenvalue weighted by Gasteiger charge is 2.27. The molecule has 134 valence electrons. The Balaban J connectivity index is 2.49. The third kappa shape index (κ3) is 6.69. The van der Waals surface area contributed by atoms with Crippen LogP contribution in [0.2, 0.25) is 0 Å². The molecule has 1 aliphatic rings. The lowest BCUT2D eigenvalue weighted by Crippen LogP contribution is -2.40. The van der Waals surface area contributed by atoms with Gasteiger partial charge in [0.2, 0.25) is 0 Å². The third-order valence-corrected chi connectivity index (χ3v) is 5.53. The van der Waals surface area contributed by atoms with Crippen molar-refractivity contribution in [1.82, 2.24) is 9.80 Å². The van der Waals surface area contributed by atoms with Crippen LogP contribution in [0.1, 0.15) is 27.2 Å². The van der Waals surface area contributed by atoms with E-state index in [0.29, 0.717) is 22.9 Å². The van der Waals surface area contributed by atoms with Gasteiger partial charge < -0.3 is 14.5 Å². The van der Waals surface area contributed by atoms with Crippen molar-refractivity contribution in [3.05, 3.63) is 21.3 Å². The molecule has 0 N–H and O–H groups in total. The van der Waals surface area contributed by atoms with Crippen molar-refractivity contribution in [3.63, 3.8) is 0 Å². The van der Waals surface area contributed by atoms with Gasteiger partial charge in [-0.1, -0.05) is 13.8 Å². The molecule has 3 atom stereocenters. The largest absolute Gasteiger partial charge is 0.381 e. The average Bonchev–Trinajstić information content (AvgIpc) is 2.92. The van der Waals surface area contributed by atoms with Crippen molar-refractivity contribution in [2.45, 2.75) is 33.2 Å². The summed E-state index contributed by atoms with van der Waals surface area (Å²) in [7, 11) is 1.92. The van der Waals surface area contributed by atoms with E-state index in [1.54, 1.807) is 0 Å². The number of nitro groups is 1. The van der Waals surface area contributed by atoms with Crippen molar-refractivity contribution in [2.75, 3.05) is 46.2 Å². The Labute approximate surface area is 144 Å². The number of hydrogen-bond acceptors (Lipinski definition) is 6. The molecule has 3 unspecified atom stereocenters. The molecule has 1 aliphatic heterocycles. The molecule has 7 heteroatoms. The zero-order chi connectivity index (χ0) is 17.4. The summed E-state index contributed by atoms with van der Waals surface area (Å²) in [5.41, 5.74) is 0. The van der Waals surface area contributed by atoms with Crippen molar-refractivity contribution < 1.29 is 9.66 Å². The van der Waals surface area contributed by atoms with Gasteiger partial charge in [-0.3, -0.25) is 10.1 Å². The fourth-order valence-electron chi connectivity index (χ4n) is 2.93. The molecule has 0 aliphatic carbocycles. The van der Waals surface area contributed by atoms with Crippen LogP contribution in [0.15, 0.2) is 11.2 Å². The second-order valence-corrected chi connectivity index (χ2v) is 7.20. The van der Waals surface area contributed by atoms with Crippen LogP contribution in [-0.2, 0) is 4.74 Å². The maximum atomic E-state index is 10.7. The molecule has 1 rings (SSSR count). The molecule has 0 radical (unpaired) electrons. The molecule has 1 heterocycles. The fourth-order valence-corrected chi connectivity index (χ4v) is 3.53. The van der Waals surface area contributed by atoms with Crippen LogP contribution >= 0.6 is 11.8 Å². The Morgan fingerprint density at radius 2 is 2.22 bits per heavy atom. The molecule has 0 spiro atoms. The predicted octanol–water partition coefficient (Wildman–Crippen LogP) is 2.74. The highest BCUT2D eigenvalue weighted by Crippen LogP contribution is 2.23. The summed E-state index contributed by atoms with van der Waals surface area (Å²) in [4.78, 5) is 14.7. The quantitative estimate of drug-likeness (QED) is 0.448. The highest BCUT2D eigenvalue weighted by molar-refractivity contribution is 8.02. The second-order valence-electron chi connectivity index (χ2n) is 6.38. The van der Waals surface area contributed by atoms with Gasteiger partial charge in [-0.15, -0.1) is 11.8 Å². The van der Waals surface area contributed by atoms with Gasteiger partial charge in [0.1, 0.15) is 5.03 Å². The van der Waals surface area contributed by atoms with E-state index in [4.69, 9.17) is 4.74 Å². The topological polar surface area (TPSA) is 58.8 Å². The van der Waals surface area contributed by atoms with Gasteiger partial charge in [-0.05, 0) is 38.0 Å². The zero-order valence-corrected chi connectivity index (χ0v) is 15.8. The smallest absolute Gasteiger partial charge is 0.264 e. The first-order chi connectivity index (χ1) is 10.9. The monoisotopic (exact) mass is 345 g/mol. The van der Waals surface area contributed by atoms with E-state index >= 15 is 0 Å². The van der Waals surface area contributed by atoms with E-state index in [9.17, 15) is 10.1 Å². The van der Waals surface area contributed by atoms with Crippen LogP contribution < -0.4 is 0 Å². The molecule has 0 saturated carbocycles. The van der Waals surface area contributed by atoms with Gasteiger partial charge in [-0.2, -0.15) is 0 Å². The van der Waals surface area contributed by atoms with E-state index in [1.165, 1.54) is 11.8 Å². The van der Waals surface area contributed by atoms with Crippen molar-refractivity contribution in [1.29, 1.82) is 0 Å². The summed E-state index contributed by atoms with van der Waals surface area (Å²) in [6.45, 7) is 11.4. The van der Waals surface area contributed by atoms with E-state index < -0.39 is 0 Å². The van der Waals surface area contributed by atoms with Crippen LogP contribution in [0.3, 0.4) is 0 Å². The number of hydrogen-bond donors (Lipinski definition) is 0.